The van der Waals surface area contributed by atoms with Crippen LogP contribution in [-0.2, 0) is 6.54 Å². The largest absolute Gasteiger partial charge is 0.331 e. The van der Waals surface area contributed by atoms with Crippen LogP contribution in [0, 0.1) is 11.7 Å². The number of hydrogen-bond acceptors (Lipinski definition) is 2. The summed E-state index contributed by atoms with van der Waals surface area (Å²) in [6.45, 7) is 3.18. The van der Waals surface area contributed by atoms with Crippen LogP contribution in [0.3, 0.4) is 0 Å². The summed E-state index contributed by atoms with van der Waals surface area (Å²) in [6, 6.07) is 6.49. The summed E-state index contributed by atoms with van der Waals surface area (Å²) in [5, 5.41) is 0.727. The second kappa shape index (κ2) is 5.10. The molecule has 1 aliphatic heterocycles. The topological polar surface area (TPSA) is 20.7 Å². The molecule has 1 atom stereocenters. The van der Waals surface area contributed by atoms with Crippen LogP contribution >= 0.6 is 24.0 Å². The summed E-state index contributed by atoms with van der Waals surface area (Å²) in [5.41, 5.74) is 3.71. The second-order valence-electron chi connectivity index (χ2n) is 5.05. The summed E-state index contributed by atoms with van der Waals surface area (Å²) in [7, 11) is 0. The molecule has 0 aliphatic carbocycles. The fraction of sp³-hybridized carbons (Fsp3) is 0.500. The van der Waals surface area contributed by atoms with Crippen LogP contribution in [0.5, 0.6) is 0 Å². The molecule has 1 aliphatic rings. The maximum atomic E-state index is 5.46. The lowest BCUT2D eigenvalue weighted by Crippen LogP contribution is -2.17. The van der Waals surface area contributed by atoms with Gasteiger partial charge in [-0.2, -0.15) is 11.8 Å². The molecule has 1 aromatic heterocycles. The van der Waals surface area contributed by atoms with Crippen LogP contribution < -0.4 is 0 Å². The van der Waals surface area contributed by atoms with Crippen molar-refractivity contribution in [1.82, 2.24) is 9.55 Å². The number of nitrogens with one attached hydrogen (secondary N) is 1. The van der Waals surface area contributed by atoms with Crippen molar-refractivity contribution in [3.63, 3.8) is 0 Å². The molecule has 1 N–H and O–H groups in total. The Morgan fingerprint density at radius 1 is 1.44 bits per heavy atom. The number of aryl methyl sites for hydroxylation is 1. The molecule has 0 bridgehead atoms. The van der Waals surface area contributed by atoms with Gasteiger partial charge in [0.25, 0.3) is 0 Å². The zero-order valence-electron chi connectivity index (χ0n) is 10.6. The Bertz CT molecular complexity index is 606. The SMILES string of the molecule is Cc1ccc2[nH]c(=S)n(CC3CCCCS3)c2c1. The predicted octanol–water partition coefficient (Wildman–Crippen LogP) is 4.29. The minimum Gasteiger partial charge on any atom is -0.331 e. The number of imidazole rings is 1. The number of H-pyrrole nitrogens is 1. The van der Waals surface area contributed by atoms with Crippen LogP contribution in [0.15, 0.2) is 18.2 Å². The number of nitrogens with zero attached hydrogens (tertiary/aromatic N) is 1. The number of fused-ring (bicyclic) bond motifs is 1. The molecular formula is C14H18N2S2. The van der Waals surface area contributed by atoms with Gasteiger partial charge in [0.05, 0.1) is 11.0 Å². The molecule has 1 aromatic carbocycles. The first-order valence-electron chi connectivity index (χ1n) is 6.55. The standard InChI is InChI=1S/C14H18N2S2/c1-10-5-6-12-13(8-10)16(14(17)15-12)9-11-4-2-3-7-18-11/h5-6,8,11H,2-4,7,9H2,1H3,(H,15,17). The molecule has 0 spiro atoms. The van der Waals surface area contributed by atoms with E-state index in [4.69, 9.17) is 12.2 Å². The van der Waals surface area contributed by atoms with Crippen molar-refractivity contribution in [3.8, 4) is 0 Å². The van der Waals surface area contributed by atoms with Gasteiger partial charge in [-0.1, -0.05) is 12.5 Å². The summed E-state index contributed by atoms with van der Waals surface area (Å²) in [4.78, 5) is 3.31. The average Bonchev–Trinajstić information content (AvgIpc) is 2.67. The first-order chi connectivity index (χ1) is 8.74. The highest BCUT2D eigenvalue weighted by Gasteiger charge is 2.16. The molecule has 18 heavy (non-hydrogen) atoms. The molecule has 2 heterocycles. The number of hydrogen-bond donors (Lipinski definition) is 1. The average molecular weight is 278 g/mol. The van der Waals surface area contributed by atoms with Crippen LogP contribution in [-0.4, -0.2) is 20.6 Å². The fourth-order valence-electron chi connectivity index (χ4n) is 2.60. The molecule has 0 saturated carbocycles. The number of aromatic nitrogens is 2. The number of thioether (sulfide) groups is 1. The van der Waals surface area contributed by atoms with Gasteiger partial charge in [0.1, 0.15) is 0 Å². The van der Waals surface area contributed by atoms with Crippen LogP contribution in [0.1, 0.15) is 24.8 Å². The summed E-state index contributed by atoms with van der Waals surface area (Å²) in [5.74, 6) is 1.30. The number of aromatic amines is 1. The van der Waals surface area contributed by atoms with E-state index in [2.05, 4.69) is 46.4 Å². The van der Waals surface area contributed by atoms with E-state index < -0.39 is 0 Å². The lowest BCUT2D eigenvalue weighted by atomic mass is 10.2. The van der Waals surface area contributed by atoms with Crippen molar-refractivity contribution in [2.24, 2.45) is 0 Å². The molecule has 2 nitrogen and oxygen atoms in total. The molecular weight excluding hydrogens is 260 g/mol. The number of benzene rings is 1. The monoisotopic (exact) mass is 278 g/mol. The molecule has 1 fully saturated rings. The number of rotatable bonds is 2. The lowest BCUT2D eigenvalue weighted by Gasteiger charge is -2.21. The van der Waals surface area contributed by atoms with E-state index in [1.165, 1.54) is 36.1 Å². The van der Waals surface area contributed by atoms with E-state index in [0.29, 0.717) is 0 Å². The fourth-order valence-corrected chi connectivity index (χ4v) is 4.17. The van der Waals surface area contributed by atoms with E-state index >= 15 is 0 Å². The summed E-state index contributed by atoms with van der Waals surface area (Å²) in [6.07, 6.45) is 4.07. The van der Waals surface area contributed by atoms with Gasteiger partial charge in [-0.3, -0.25) is 0 Å². The predicted molar refractivity (Wildman–Crippen MR) is 82.0 cm³/mol. The maximum absolute atomic E-state index is 5.46. The Labute approximate surface area is 117 Å². The molecule has 4 heteroatoms. The van der Waals surface area contributed by atoms with Gasteiger partial charge < -0.3 is 9.55 Å². The normalized spacial score (nSPS) is 20.4. The molecule has 1 unspecified atom stereocenters. The van der Waals surface area contributed by atoms with Gasteiger partial charge in [-0.05, 0) is 55.4 Å². The van der Waals surface area contributed by atoms with Gasteiger partial charge in [0.15, 0.2) is 4.77 Å². The van der Waals surface area contributed by atoms with E-state index in [-0.39, 0.29) is 0 Å². The van der Waals surface area contributed by atoms with Gasteiger partial charge >= 0.3 is 0 Å². The molecule has 0 radical (unpaired) electrons. The third kappa shape index (κ3) is 2.36. The minimum atomic E-state index is 0.727. The molecule has 96 valence electrons. The third-order valence-corrected chi connectivity index (χ3v) is 5.29. The smallest absolute Gasteiger partial charge is 0.178 e. The Morgan fingerprint density at radius 3 is 3.11 bits per heavy atom. The van der Waals surface area contributed by atoms with Crippen LogP contribution in [0.2, 0.25) is 0 Å². The van der Waals surface area contributed by atoms with Crippen molar-refractivity contribution in [2.75, 3.05) is 5.75 Å². The quantitative estimate of drug-likeness (QED) is 0.827. The lowest BCUT2D eigenvalue weighted by molar-refractivity contribution is 0.588. The van der Waals surface area contributed by atoms with E-state index in [9.17, 15) is 0 Å². The van der Waals surface area contributed by atoms with E-state index in [1.807, 2.05) is 0 Å². The van der Waals surface area contributed by atoms with Crippen molar-refractivity contribution in [2.45, 2.75) is 38.0 Å². The van der Waals surface area contributed by atoms with Crippen molar-refractivity contribution < 1.29 is 0 Å². The third-order valence-electron chi connectivity index (χ3n) is 3.59. The maximum Gasteiger partial charge on any atom is 0.178 e. The van der Waals surface area contributed by atoms with E-state index in [1.54, 1.807) is 0 Å². The van der Waals surface area contributed by atoms with Gasteiger partial charge in [0.2, 0.25) is 0 Å². The summed E-state index contributed by atoms with van der Waals surface area (Å²) < 4.78 is 3.14. The van der Waals surface area contributed by atoms with Crippen LogP contribution in [0.25, 0.3) is 11.0 Å². The Kier molecular flexibility index (Phi) is 3.48. The Hall–Kier alpha value is -0.740. The Balaban J connectivity index is 1.97. The van der Waals surface area contributed by atoms with Crippen LogP contribution in [0.4, 0.5) is 0 Å². The first-order valence-corrected chi connectivity index (χ1v) is 8.00. The molecule has 2 aromatic rings. The van der Waals surface area contributed by atoms with Gasteiger partial charge in [0, 0.05) is 11.8 Å². The highest BCUT2D eigenvalue weighted by atomic mass is 32.2. The second-order valence-corrected chi connectivity index (χ2v) is 6.84. The highest BCUT2D eigenvalue weighted by Crippen LogP contribution is 2.27. The molecule has 0 amide bonds. The van der Waals surface area contributed by atoms with Crippen molar-refractivity contribution in [1.29, 1.82) is 0 Å². The Morgan fingerprint density at radius 2 is 2.33 bits per heavy atom. The van der Waals surface area contributed by atoms with Gasteiger partial charge in [-0.15, -0.1) is 0 Å². The van der Waals surface area contributed by atoms with Crippen molar-refractivity contribution in [3.05, 3.63) is 28.5 Å². The van der Waals surface area contributed by atoms with E-state index in [0.717, 1.165) is 22.1 Å². The minimum absolute atomic E-state index is 0.727. The highest BCUT2D eigenvalue weighted by molar-refractivity contribution is 7.99. The molecule has 3 rings (SSSR count). The van der Waals surface area contributed by atoms with Gasteiger partial charge in [-0.25, -0.2) is 0 Å². The summed E-state index contributed by atoms with van der Waals surface area (Å²) >= 11 is 7.56. The molecule has 1 saturated heterocycles. The zero-order chi connectivity index (χ0) is 12.5. The van der Waals surface area contributed by atoms with Crippen molar-refractivity contribution >= 4 is 35.0 Å². The zero-order valence-corrected chi connectivity index (χ0v) is 12.2. The first kappa shape index (κ1) is 12.3.